The van der Waals surface area contributed by atoms with E-state index in [9.17, 15) is 8.78 Å². The monoisotopic (exact) mass is 309 g/mol. The van der Waals surface area contributed by atoms with Gasteiger partial charge in [-0.3, -0.25) is 4.57 Å². The first-order valence-electron chi connectivity index (χ1n) is 5.98. The largest absolute Gasteiger partial charge is 0.494 e. The molecule has 0 aliphatic heterocycles. The number of imidazole rings is 1. The van der Waals surface area contributed by atoms with Crippen molar-refractivity contribution in [2.24, 2.45) is 0 Å². The zero-order chi connectivity index (χ0) is 15.1. The Morgan fingerprint density at radius 3 is 2.71 bits per heavy atom. The number of halogens is 3. The van der Waals surface area contributed by atoms with Gasteiger partial charge in [-0.15, -0.1) is 0 Å². The number of methoxy groups -OCH3 is 1. The zero-order valence-electron chi connectivity index (χ0n) is 10.9. The van der Waals surface area contributed by atoms with Gasteiger partial charge in [-0.25, -0.2) is 13.8 Å². The predicted octanol–water partition coefficient (Wildman–Crippen LogP) is 3.55. The molecule has 0 aliphatic carbocycles. The van der Waals surface area contributed by atoms with Gasteiger partial charge in [-0.2, -0.15) is 0 Å². The normalized spacial score (nSPS) is 11.0. The minimum Gasteiger partial charge on any atom is -0.494 e. The van der Waals surface area contributed by atoms with Crippen LogP contribution in [0.25, 0.3) is 16.7 Å². The van der Waals surface area contributed by atoms with E-state index in [1.54, 1.807) is 18.2 Å². The predicted molar refractivity (Wildman–Crippen MR) is 77.0 cm³/mol. The summed E-state index contributed by atoms with van der Waals surface area (Å²) in [5.41, 5.74) is 6.80. The maximum Gasteiger partial charge on any atom is 0.206 e. The lowest BCUT2D eigenvalue weighted by molar-refractivity contribution is 0.419. The summed E-state index contributed by atoms with van der Waals surface area (Å²) in [7, 11) is 1.50. The molecule has 2 N–H and O–H groups in total. The van der Waals surface area contributed by atoms with Gasteiger partial charge in [0.15, 0.2) is 5.82 Å². The van der Waals surface area contributed by atoms with Gasteiger partial charge in [0.25, 0.3) is 0 Å². The maximum atomic E-state index is 14.1. The van der Waals surface area contributed by atoms with E-state index in [1.807, 2.05) is 0 Å². The standard InChI is InChI=1S/C14H10ClF2N3O/c1-21-11-4-2-3-10-12(11)19-14(18)20(10)13-8(15)5-7(16)6-9(13)17/h2-6H,1H3,(H2,18,19). The van der Waals surface area contributed by atoms with Crippen LogP contribution >= 0.6 is 11.6 Å². The SMILES string of the molecule is COc1cccc2c1nc(N)n2-c1c(F)cc(F)cc1Cl. The molecule has 0 fully saturated rings. The van der Waals surface area contributed by atoms with Crippen molar-refractivity contribution < 1.29 is 13.5 Å². The first-order chi connectivity index (χ1) is 10.0. The van der Waals surface area contributed by atoms with Crippen LogP contribution in [0, 0.1) is 11.6 Å². The number of benzene rings is 2. The molecule has 0 bridgehead atoms. The number of aromatic nitrogens is 2. The van der Waals surface area contributed by atoms with Crippen molar-refractivity contribution in [3.8, 4) is 11.4 Å². The van der Waals surface area contributed by atoms with Gasteiger partial charge < -0.3 is 10.5 Å². The van der Waals surface area contributed by atoms with Gasteiger partial charge in [0.2, 0.25) is 5.95 Å². The van der Waals surface area contributed by atoms with Gasteiger partial charge >= 0.3 is 0 Å². The Bertz CT molecular complexity index is 825. The second-order valence-corrected chi connectivity index (χ2v) is 4.76. The molecule has 108 valence electrons. The number of hydrogen-bond acceptors (Lipinski definition) is 3. The van der Waals surface area contributed by atoms with Crippen LogP contribution in [0.3, 0.4) is 0 Å². The highest BCUT2D eigenvalue weighted by Crippen LogP contribution is 2.33. The number of ether oxygens (including phenoxy) is 1. The van der Waals surface area contributed by atoms with Crippen molar-refractivity contribution in [3.05, 3.63) is 47.0 Å². The van der Waals surface area contributed by atoms with Gasteiger partial charge in [0, 0.05) is 6.07 Å². The van der Waals surface area contributed by atoms with E-state index >= 15 is 0 Å². The molecule has 1 aromatic heterocycles. The molecule has 0 spiro atoms. The minimum absolute atomic E-state index is 0.0295. The van der Waals surface area contributed by atoms with Crippen molar-refractivity contribution in [2.45, 2.75) is 0 Å². The Morgan fingerprint density at radius 2 is 2.05 bits per heavy atom. The summed E-state index contributed by atoms with van der Waals surface area (Å²) in [6.45, 7) is 0. The third-order valence-corrected chi connectivity index (χ3v) is 3.39. The molecule has 0 radical (unpaired) electrons. The fourth-order valence-electron chi connectivity index (χ4n) is 2.24. The smallest absolute Gasteiger partial charge is 0.206 e. The van der Waals surface area contributed by atoms with Crippen molar-refractivity contribution >= 4 is 28.6 Å². The van der Waals surface area contributed by atoms with Crippen LogP contribution in [-0.4, -0.2) is 16.7 Å². The molecule has 3 aromatic rings. The molecule has 4 nitrogen and oxygen atoms in total. The van der Waals surface area contributed by atoms with E-state index in [4.69, 9.17) is 22.1 Å². The number of hydrogen-bond donors (Lipinski definition) is 1. The summed E-state index contributed by atoms with van der Waals surface area (Å²) in [6, 6.07) is 6.88. The quantitative estimate of drug-likeness (QED) is 0.787. The van der Waals surface area contributed by atoms with Crippen LogP contribution in [0.15, 0.2) is 30.3 Å². The Balaban J connectivity index is 2.39. The van der Waals surface area contributed by atoms with E-state index in [1.165, 1.54) is 11.7 Å². The lowest BCUT2D eigenvalue weighted by atomic mass is 10.2. The Hall–Kier alpha value is -2.34. The van der Waals surface area contributed by atoms with Crippen LogP contribution in [0.2, 0.25) is 5.02 Å². The van der Waals surface area contributed by atoms with Gasteiger partial charge in [-0.1, -0.05) is 17.7 Å². The number of rotatable bonds is 2. The third kappa shape index (κ3) is 2.08. The molecular weight excluding hydrogens is 300 g/mol. The molecule has 3 rings (SSSR count). The van der Waals surface area contributed by atoms with Crippen LogP contribution < -0.4 is 10.5 Å². The molecule has 0 aliphatic rings. The van der Waals surface area contributed by atoms with Crippen LogP contribution in [-0.2, 0) is 0 Å². The highest BCUT2D eigenvalue weighted by Gasteiger charge is 2.19. The van der Waals surface area contributed by atoms with Gasteiger partial charge in [0.1, 0.15) is 22.8 Å². The summed E-state index contributed by atoms with van der Waals surface area (Å²) in [6.07, 6.45) is 0. The number of para-hydroxylation sites is 1. The summed E-state index contributed by atoms with van der Waals surface area (Å²) in [5.74, 6) is -1.06. The van der Waals surface area contributed by atoms with Gasteiger partial charge in [-0.05, 0) is 18.2 Å². The first-order valence-corrected chi connectivity index (χ1v) is 6.36. The highest BCUT2D eigenvalue weighted by atomic mass is 35.5. The number of nitrogens with zero attached hydrogens (tertiary/aromatic N) is 2. The van der Waals surface area contributed by atoms with E-state index in [2.05, 4.69) is 4.98 Å². The molecule has 0 unspecified atom stereocenters. The molecule has 1 heterocycles. The molecule has 0 atom stereocenters. The topological polar surface area (TPSA) is 53.1 Å². The van der Waals surface area contributed by atoms with Gasteiger partial charge in [0.05, 0.1) is 17.6 Å². The summed E-state index contributed by atoms with van der Waals surface area (Å²) in [5, 5.41) is -0.0960. The van der Waals surface area contributed by atoms with Crippen molar-refractivity contribution in [1.29, 1.82) is 0 Å². The number of fused-ring (bicyclic) bond motifs is 1. The average molecular weight is 310 g/mol. The van der Waals surface area contributed by atoms with Crippen LogP contribution in [0.5, 0.6) is 5.75 Å². The van der Waals surface area contributed by atoms with Crippen molar-refractivity contribution in [2.75, 3.05) is 12.8 Å². The lowest BCUT2D eigenvalue weighted by Gasteiger charge is -2.10. The molecule has 21 heavy (non-hydrogen) atoms. The van der Waals surface area contributed by atoms with Crippen LogP contribution in [0.1, 0.15) is 0 Å². The fourth-order valence-corrected chi connectivity index (χ4v) is 2.52. The number of nitrogens with two attached hydrogens (primary N) is 1. The third-order valence-electron chi connectivity index (χ3n) is 3.10. The van der Waals surface area contributed by atoms with E-state index in [0.717, 1.165) is 12.1 Å². The first kappa shape index (κ1) is 13.6. The lowest BCUT2D eigenvalue weighted by Crippen LogP contribution is -2.04. The summed E-state index contributed by atoms with van der Waals surface area (Å²) >= 11 is 5.96. The maximum absolute atomic E-state index is 14.1. The molecule has 2 aromatic carbocycles. The zero-order valence-corrected chi connectivity index (χ0v) is 11.7. The summed E-state index contributed by atoms with van der Waals surface area (Å²) in [4.78, 5) is 4.16. The molecule has 7 heteroatoms. The number of anilines is 1. The minimum atomic E-state index is -0.825. The molecule has 0 amide bonds. The number of nitrogen functional groups attached to an aromatic ring is 1. The molecular formula is C14H10ClF2N3O. The molecule has 0 saturated heterocycles. The van der Waals surface area contributed by atoms with Crippen molar-refractivity contribution in [3.63, 3.8) is 0 Å². The highest BCUT2D eigenvalue weighted by molar-refractivity contribution is 6.32. The second kappa shape index (κ2) is 4.89. The Morgan fingerprint density at radius 1 is 1.29 bits per heavy atom. The van der Waals surface area contributed by atoms with E-state index in [0.29, 0.717) is 16.8 Å². The Kier molecular flexibility index (Phi) is 3.17. The fraction of sp³-hybridized carbons (Fsp3) is 0.0714. The van der Waals surface area contributed by atoms with Crippen LogP contribution in [0.4, 0.5) is 14.7 Å². The second-order valence-electron chi connectivity index (χ2n) is 4.35. The molecule has 0 saturated carbocycles. The Labute approximate surface area is 123 Å². The average Bonchev–Trinajstić information content (AvgIpc) is 2.74. The van der Waals surface area contributed by atoms with E-state index in [-0.39, 0.29) is 16.7 Å². The summed E-state index contributed by atoms with van der Waals surface area (Å²) < 4.78 is 33.8. The van der Waals surface area contributed by atoms with Crippen molar-refractivity contribution in [1.82, 2.24) is 9.55 Å². The van der Waals surface area contributed by atoms with E-state index < -0.39 is 11.6 Å².